The molecule has 0 radical (unpaired) electrons. The van der Waals surface area contributed by atoms with Gasteiger partial charge in [-0.2, -0.15) is 0 Å². The lowest BCUT2D eigenvalue weighted by Gasteiger charge is -2.10. The van der Waals surface area contributed by atoms with E-state index in [1.54, 1.807) is 11.6 Å². The Hall–Kier alpha value is -2.81. The molecule has 3 rings (SSSR count). The fraction of sp³-hybridized carbons (Fsp3) is 0.400. The number of amides is 1. The number of hydrogen-bond donors (Lipinski definition) is 1. The summed E-state index contributed by atoms with van der Waals surface area (Å²) in [4.78, 5) is 41.9. The van der Waals surface area contributed by atoms with E-state index in [9.17, 15) is 14.4 Å². The number of aromatic nitrogens is 4. The van der Waals surface area contributed by atoms with Crippen molar-refractivity contribution in [3.05, 3.63) is 50.7 Å². The molecule has 0 aliphatic rings. The number of aryl methyl sites for hydroxylation is 3. The standard InChI is InChI=1S/C20H25N5O3S/c1-5-11-25-16-17(23(3)20(28)24(4)18(16)27)22-19(25)29-12-15(26)21-14-10-8-7-9-13(14)6-2/h7-10H,5-6,11-12H2,1-4H3,(H,21,26). The van der Waals surface area contributed by atoms with Crippen LogP contribution in [0.4, 0.5) is 5.69 Å². The molecule has 8 nitrogen and oxygen atoms in total. The maximum atomic E-state index is 12.7. The molecule has 0 aliphatic heterocycles. The molecular weight excluding hydrogens is 390 g/mol. The molecule has 1 aromatic carbocycles. The predicted octanol–water partition coefficient (Wildman–Crippen LogP) is 2.14. The van der Waals surface area contributed by atoms with Gasteiger partial charge in [0.05, 0.1) is 5.75 Å². The van der Waals surface area contributed by atoms with Gasteiger partial charge in [-0.3, -0.25) is 18.7 Å². The number of fused-ring (bicyclic) bond motifs is 1. The number of nitrogens with zero attached hydrogens (tertiary/aromatic N) is 4. The highest BCUT2D eigenvalue weighted by atomic mass is 32.2. The van der Waals surface area contributed by atoms with Crippen LogP contribution in [0, 0.1) is 0 Å². The summed E-state index contributed by atoms with van der Waals surface area (Å²) in [5.74, 6) is 0.00657. The predicted molar refractivity (Wildman–Crippen MR) is 116 cm³/mol. The van der Waals surface area contributed by atoms with Crippen molar-refractivity contribution in [1.82, 2.24) is 18.7 Å². The zero-order chi connectivity index (χ0) is 21.1. The topological polar surface area (TPSA) is 90.9 Å². The van der Waals surface area contributed by atoms with Crippen LogP contribution in [-0.4, -0.2) is 30.3 Å². The third-order valence-corrected chi connectivity index (χ3v) is 5.74. The van der Waals surface area contributed by atoms with Gasteiger partial charge in [0.25, 0.3) is 5.56 Å². The number of carbonyl (C=O) groups is 1. The molecule has 2 heterocycles. The maximum Gasteiger partial charge on any atom is 0.332 e. The number of carbonyl (C=O) groups excluding carboxylic acids is 1. The van der Waals surface area contributed by atoms with Crippen LogP contribution in [0.15, 0.2) is 39.0 Å². The van der Waals surface area contributed by atoms with E-state index in [1.165, 1.54) is 23.4 Å². The maximum absolute atomic E-state index is 12.7. The first-order chi connectivity index (χ1) is 13.9. The van der Waals surface area contributed by atoms with Crippen molar-refractivity contribution in [1.29, 1.82) is 0 Å². The summed E-state index contributed by atoms with van der Waals surface area (Å²) >= 11 is 1.26. The van der Waals surface area contributed by atoms with Gasteiger partial charge in [0, 0.05) is 26.3 Å². The molecule has 3 aromatic rings. The number of imidazole rings is 1. The summed E-state index contributed by atoms with van der Waals surface area (Å²) in [6, 6.07) is 7.70. The summed E-state index contributed by atoms with van der Waals surface area (Å²) in [5.41, 5.74) is 1.80. The van der Waals surface area contributed by atoms with Crippen molar-refractivity contribution in [3.63, 3.8) is 0 Å². The first-order valence-corrected chi connectivity index (χ1v) is 10.5. The Bertz CT molecular complexity index is 1180. The molecule has 0 bridgehead atoms. The van der Waals surface area contributed by atoms with Gasteiger partial charge < -0.3 is 9.88 Å². The van der Waals surface area contributed by atoms with Gasteiger partial charge in [0.2, 0.25) is 5.91 Å². The minimum atomic E-state index is -0.422. The minimum absolute atomic E-state index is 0.146. The molecule has 0 aliphatic carbocycles. The van der Waals surface area contributed by atoms with E-state index in [0.29, 0.717) is 22.9 Å². The van der Waals surface area contributed by atoms with Gasteiger partial charge in [-0.15, -0.1) is 0 Å². The van der Waals surface area contributed by atoms with Gasteiger partial charge in [0.15, 0.2) is 16.3 Å². The first-order valence-electron chi connectivity index (χ1n) is 9.55. The number of thioether (sulfide) groups is 1. The van der Waals surface area contributed by atoms with Crippen molar-refractivity contribution in [2.45, 2.75) is 38.4 Å². The summed E-state index contributed by atoms with van der Waals surface area (Å²) in [5, 5.41) is 3.49. The van der Waals surface area contributed by atoms with Gasteiger partial charge in [-0.05, 0) is 24.5 Å². The van der Waals surface area contributed by atoms with Gasteiger partial charge in [-0.25, -0.2) is 9.78 Å². The highest BCUT2D eigenvalue weighted by Crippen LogP contribution is 2.23. The SMILES string of the molecule is CCCn1c(SCC(=O)Nc2ccccc2CC)nc2c1c(=O)n(C)c(=O)n2C. The number of anilines is 1. The Kier molecular flexibility index (Phi) is 6.26. The molecular formula is C20H25N5O3S. The van der Waals surface area contributed by atoms with Crippen molar-refractivity contribution in [2.75, 3.05) is 11.1 Å². The lowest BCUT2D eigenvalue weighted by molar-refractivity contribution is -0.113. The van der Waals surface area contributed by atoms with Crippen LogP contribution >= 0.6 is 11.8 Å². The third-order valence-electron chi connectivity index (χ3n) is 4.76. The molecule has 1 N–H and O–H groups in total. The fourth-order valence-electron chi connectivity index (χ4n) is 3.23. The van der Waals surface area contributed by atoms with Gasteiger partial charge in [-0.1, -0.05) is 43.8 Å². The Morgan fingerprint density at radius 3 is 2.55 bits per heavy atom. The van der Waals surface area contributed by atoms with E-state index in [2.05, 4.69) is 10.3 Å². The molecule has 0 spiro atoms. The minimum Gasteiger partial charge on any atom is -0.325 e. The van der Waals surface area contributed by atoms with Crippen LogP contribution in [0.1, 0.15) is 25.8 Å². The van der Waals surface area contributed by atoms with Crippen molar-refractivity contribution >= 4 is 34.5 Å². The zero-order valence-electron chi connectivity index (χ0n) is 17.1. The first kappa shape index (κ1) is 20.9. The average molecular weight is 416 g/mol. The van der Waals surface area contributed by atoms with Crippen LogP contribution in [0.2, 0.25) is 0 Å². The largest absolute Gasteiger partial charge is 0.332 e. The fourth-order valence-corrected chi connectivity index (χ4v) is 4.06. The molecule has 0 fully saturated rings. The molecule has 9 heteroatoms. The van der Waals surface area contributed by atoms with E-state index >= 15 is 0 Å². The molecule has 1 amide bonds. The van der Waals surface area contributed by atoms with Crippen molar-refractivity contribution in [2.24, 2.45) is 14.1 Å². The Labute approximate surface area is 172 Å². The van der Waals surface area contributed by atoms with Crippen LogP contribution in [-0.2, 0) is 31.9 Å². The zero-order valence-corrected chi connectivity index (χ0v) is 17.9. The van der Waals surface area contributed by atoms with E-state index < -0.39 is 5.69 Å². The lowest BCUT2D eigenvalue weighted by atomic mass is 10.1. The highest BCUT2D eigenvalue weighted by molar-refractivity contribution is 7.99. The molecule has 29 heavy (non-hydrogen) atoms. The van der Waals surface area contributed by atoms with E-state index in [-0.39, 0.29) is 17.2 Å². The van der Waals surface area contributed by atoms with E-state index in [4.69, 9.17) is 0 Å². The van der Waals surface area contributed by atoms with E-state index in [0.717, 1.165) is 28.7 Å². The van der Waals surface area contributed by atoms with Crippen LogP contribution in [0.25, 0.3) is 11.2 Å². The highest BCUT2D eigenvalue weighted by Gasteiger charge is 2.19. The average Bonchev–Trinajstić information content (AvgIpc) is 3.08. The Morgan fingerprint density at radius 1 is 1.14 bits per heavy atom. The molecule has 154 valence electrons. The van der Waals surface area contributed by atoms with Crippen molar-refractivity contribution in [3.8, 4) is 0 Å². The molecule has 0 atom stereocenters. The second-order valence-corrected chi connectivity index (χ2v) is 7.71. The number of para-hydroxylation sites is 1. The van der Waals surface area contributed by atoms with Crippen LogP contribution in [0.5, 0.6) is 0 Å². The second kappa shape index (κ2) is 8.69. The summed E-state index contributed by atoms with van der Waals surface area (Å²) in [6.45, 7) is 4.62. The molecule has 0 saturated carbocycles. The van der Waals surface area contributed by atoms with Gasteiger partial charge in [0.1, 0.15) is 0 Å². The molecule has 0 unspecified atom stereocenters. The lowest BCUT2D eigenvalue weighted by Crippen LogP contribution is -2.37. The quantitative estimate of drug-likeness (QED) is 0.597. The summed E-state index contributed by atoms with van der Waals surface area (Å²) < 4.78 is 4.25. The summed E-state index contributed by atoms with van der Waals surface area (Å²) in [6.07, 6.45) is 1.62. The Morgan fingerprint density at radius 2 is 1.86 bits per heavy atom. The number of benzene rings is 1. The number of rotatable bonds is 7. The Balaban J connectivity index is 1.90. The normalized spacial score (nSPS) is 11.2. The second-order valence-electron chi connectivity index (χ2n) is 6.77. The monoisotopic (exact) mass is 415 g/mol. The molecule has 2 aromatic heterocycles. The number of hydrogen-bond acceptors (Lipinski definition) is 5. The smallest absolute Gasteiger partial charge is 0.325 e. The number of nitrogens with one attached hydrogen (secondary N) is 1. The summed E-state index contributed by atoms with van der Waals surface area (Å²) in [7, 11) is 3.05. The third kappa shape index (κ3) is 4.00. The van der Waals surface area contributed by atoms with Crippen LogP contribution in [0.3, 0.4) is 0 Å². The molecule has 0 saturated heterocycles. The van der Waals surface area contributed by atoms with Crippen molar-refractivity contribution < 1.29 is 4.79 Å². The van der Waals surface area contributed by atoms with E-state index in [1.807, 2.05) is 38.1 Å². The van der Waals surface area contributed by atoms with Gasteiger partial charge >= 0.3 is 5.69 Å². The van der Waals surface area contributed by atoms with Crippen LogP contribution < -0.4 is 16.6 Å².